The van der Waals surface area contributed by atoms with Crippen molar-refractivity contribution in [3.63, 3.8) is 0 Å². The summed E-state index contributed by atoms with van der Waals surface area (Å²) >= 11 is 0. The van der Waals surface area contributed by atoms with Crippen molar-refractivity contribution >= 4 is 15.9 Å². The molecule has 174 valence electrons. The van der Waals surface area contributed by atoms with E-state index < -0.39 is 10.0 Å². The van der Waals surface area contributed by atoms with Gasteiger partial charge in [0.1, 0.15) is 0 Å². The fourth-order valence-corrected chi connectivity index (χ4v) is 6.77. The molecule has 1 aromatic carbocycles. The maximum Gasteiger partial charge on any atom is 0.251 e. The van der Waals surface area contributed by atoms with Gasteiger partial charge in [0.2, 0.25) is 10.0 Å². The number of hydrogen-bond acceptors (Lipinski definition) is 4. The Morgan fingerprint density at radius 3 is 2.45 bits per heavy atom. The van der Waals surface area contributed by atoms with E-state index in [1.807, 2.05) is 37.3 Å². The van der Waals surface area contributed by atoms with Crippen molar-refractivity contribution in [3.05, 3.63) is 35.9 Å². The first-order valence-corrected chi connectivity index (χ1v) is 13.4. The molecule has 2 atom stereocenters. The smallest absolute Gasteiger partial charge is 0.251 e. The topological polar surface area (TPSA) is 69.7 Å². The molecule has 1 aromatic rings. The summed E-state index contributed by atoms with van der Waals surface area (Å²) in [4.78, 5) is 15.2. The van der Waals surface area contributed by atoms with E-state index in [1.54, 1.807) is 4.31 Å². The van der Waals surface area contributed by atoms with E-state index in [0.717, 1.165) is 32.4 Å². The van der Waals surface area contributed by atoms with Gasteiger partial charge in [-0.3, -0.25) is 9.69 Å². The molecule has 0 spiro atoms. The molecule has 1 N–H and O–H groups in total. The molecule has 1 aliphatic carbocycles. The molecule has 7 heteroatoms. The van der Waals surface area contributed by atoms with Crippen LogP contribution < -0.4 is 5.32 Å². The predicted molar refractivity (Wildman–Crippen MR) is 126 cm³/mol. The summed E-state index contributed by atoms with van der Waals surface area (Å²) < 4.78 is 26.7. The average Bonchev–Trinajstić information content (AvgIpc) is 2.78. The molecule has 6 nitrogen and oxygen atoms in total. The van der Waals surface area contributed by atoms with E-state index in [4.69, 9.17) is 0 Å². The summed E-state index contributed by atoms with van der Waals surface area (Å²) in [5, 5.41) is 3.22. The standard InChI is InChI=1S/C24H39N3O3S/c1-4-17-31(29,30)27-15-13-26(14-16-27)24(12-8-11-22(18-24)20(2)3)19-25-23(28)21-9-6-5-7-10-21/h5-7,9-10,20,22H,4,8,11-19H2,1-3H3,(H,25,28). The fraction of sp³-hybridized carbons (Fsp3) is 0.708. The van der Waals surface area contributed by atoms with Gasteiger partial charge >= 0.3 is 0 Å². The number of rotatable bonds is 8. The Hall–Kier alpha value is -1.44. The third-order valence-corrected chi connectivity index (χ3v) is 9.26. The molecule has 2 fully saturated rings. The van der Waals surface area contributed by atoms with Gasteiger partial charge in [0, 0.05) is 43.8 Å². The summed E-state index contributed by atoms with van der Waals surface area (Å²) in [6.45, 7) is 9.66. The number of hydrogen-bond donors (Lipinski definition) is 1. The van der Waals surface area contributed by atoms with Crippen molar-refractivity contribution in [2.45, 2.75) is 58.4 Å². The highest BCUT2D eigenvalue weighted by atomic mass is 32.2. The van der Waals surface area contributed by atoms with Gasteiger partial charge in [0.05, 0.1) is 5.75 Å². The Balaban J connectivity index is 1.73. The maximum absolute atomic E-state index is 12.8. The van der Waals surface area contributed by atoms with Gasteiger partial charge in [-0.15, -0.1) is 0 Å². The van der Waals surface area contributed by atoms with Crippen molar-refractivity contribution in [2.24, 2.45) is 11.8 Å². The van der Waals surface area contributed by atoms with E-state index in [-0.39, 0.29) is 17.2 Å². The molecule has 31 heavy (non-hydrogen) atoms. The van der Waals surface area contributed by atoms with Crippen molar-refractivity contribution in [3.8, 4) is 0 Å². The van der Waals surface area contributed by atoms with E-state index in [2.05, 4.69) is 24.1 Å². The molecule has 1 saturated carbocycles. The van der Waals surface area contributed by atoms with Crippen LogP contribution in [0.2, 0.25) is 0 Å². The zero-order valence-corrected chi connectivity index (χ0v) is 20.2. The van der Waals surface area contributed by atoms with Gasteiger partial charge in [0.15, 0.2) is 0 Å². The molecule has 1 saturated heterocycles. The molecule has 0 radical (unpaired) electrons. The summed E-state index contributed by atoms with van der Waals surface area (Å²) in [7, 11) is -3.16. The molecule has 3 rings (SSSR count). The van der Waals surface area contributed by atoms with Gasteiger partial charge in [-0.25, -0.2) is 8.42 Å². The first-order chi connectivity index (χ1) is 14.8. The van der Waals surface area contributed by atoms with Crippen LogP contribution in [-0.2, 0) is 10.0 Å². The number of nitrogens with zero attached hydrogens (tertiary/aromatic N) is 2. The predicted octanol–water partition coefficient (Wildman–Crippen LogP) is 3.36. The number of carbonyl (C=O) groups excluding carboxylic acids is 1. The Morgan fingerprint density at radius 2 is 1.84 bits per heavy atom. The Bertz CT molecular complexity index is 820. The quantitative estimate of drug-likeness (QED) is 0.661. The largest absolute Gasteiger partial charge is 0.350 e. The molecular formula is C24H39N3O3S. The van der Waals surface area contributed by atoms with Gasteiger partial charge in [-0.05, 0) is 43.2 Å². The lowest BCUT2D eigenvalue weighted by molar-refractivity contribution is 0.000375. The minimum absolute atomic E-state index is 0.0317. The fourth-order valence-electron chi connectivity index (χ4n) is 5.28. The second-order valence-corrected chi connectivity index (χ2v) is 11.7. The minimum atomic E-state index is -3.16. The first kappa shape index (κ1) is 24.2. The van der Waals surface area contributed by atoms with Crippen LogP contribution in [0.4, 0.5) is 0 Å². The number of benzene rings is 1. The third-order valence-electron chi connectivity index (χ3n) is 7.18. The minimum Gasteiger partial charge on any atom is -0.350 e. The maximum atomic E-state index is 12.8. The van der Waals surface area contributed by atoms with Crippen LogP contribution >= 0.6 is 0 Å². The molecule has 1 aliphatic heterocycles. The summed E-state index contributed by atoms with van der Waals surface area (Å²) in [6.07, 6.45) is 5.14. The molecule has 1 amide bonds. The second kappa shape index (κ2) is 10.5. The van der Waals surface area contributed by atoms with E-state index in [1.165, 1.54) is 6.42 Å². The number of nitrogens with one attached hydrogen (secondary N) is 1. The Morgan fingerprint density at radius 1 is 1.16 bits per heavy atom. The Labute approximate surface area is 188 Å². The molecule has 2 unspecified atom stereocenters. The van der Waals surface area contributed by atoms with Gasteiger partial charge in [-0.2, -0.15) is 4.31 Å². The van der Waals surface area contributed by atoms with Crippen LogP contribution in [0.1, 0.15) is 63.2 Å². The first-order valence-electron chi connectivity index (χ1n) is 11.8. The molecule has 2 aliphatic rings. The van der Waals surface area contributed by atoms with Crippen LogP contribution in [-0.4, -0.2) is 67.5 Å². The lowest BCUT2D eigenvalue weighted by Gasteiger charge is -2.52. The highest BCUT2D eigenvalue weighted by molar-refractivity contribution is 7.89. The van der Waals surface area contributed by atoms with Gasteiger partial charge < -0.3 is 5.32 Å². The van der Waals surface area contributed by atoms with E-state index >= 15 is 0 Å². The zero-order chi connectivity index (χ0) is 22.5. The van der Waals surface area contributed by atoms with Crippen LogP contribution in [0.3, 0.4) is 0 Å². The van der Waals surface area contributed by atoms with Crippen molar-refractivity contribution < 1.29 is 13.2 Å². The summed E-state index contributed by atoms with van der Waals surface area (Å²) in [6, 6.07) is 9.37. The monoisotopic (exact) mass is 449 g/mol. The number of carbonyl (C=O) groups is 1. The zero-order valence-electron chi connectivity index (χ0n) is 19.3. The average molecular weight is 450 g/mol. The molecule has 0 aromatic heterocycles. The summed E-state index contributed by atoms with van der Waals surface area (Å²) in [5.74, 6) is 1.43. The van der Waals surface area contributed by atoms with Gasteiger partial charge in [-0.1, -0.05) is 51.8 Å². The van der Waals surface area contributed by atoms with Crippen LogP contribution in [0.25, 0.3) is 0 Å². The highest BCUT2D eigenvalue weighted by Crippen LogP contribution is 2.40. The lowest BCUT2D eigenvalue weighted by atomic mass is 9.70. The summed E-state index contributed by atoms with van der Waals surface area (Å²) in [5.41, 5.74) is 0.586. The number of amides is 1. The Kier molecular flexibility index (Phi) is 8.16. The molecule has 0 bridgehead atoms. The van der Waals surface area contributed by atoms with E-state index in [9.17, 15) is 13.2 Å². The molecular weight excluding hydrogens is 410 g/mol. The molecule has 1 heterocycles. The van der Waals surface area contributed by atoms with Crippen molar-refractivity contribution in [1.82, 2.24) is 14.5 Å². The number of sulfonamides is 1. The van der Waals surface area contributed by atoms with Crippen LogP contribution in [0.5, 0.6) is 0 Å². The number of piperazine rings is 1. The second-order valence-electron chi connectivity index (χ2n) is 9.58. The van der Waals surface area contributed by atoms with Crippen molar-refractivity contribution in [2.75, 3.05) is 38.5 Å². The third kappa shape index (κ3) is 5.88. The SMILES string of the molecule is CCCS(=O)(=O)N1CCN(C2(CNC(=O)c3ccccc3)CCCC(C(C)C)C2)CC1. The van der Waals surface area contributed by atoms with Crippen LogP contribution in [0, 0.1) is 11.8 Å². The normalized spacial score (nSPS) is 26.1. The lowest BCUT2D eigenvalue weighted by Crippen LogP contribution is -2.63. The van der Waals surface area contributed by atoms with Crippen LogP contribution in [0.15, 0.2) is 30.3 Å². The van der Waals surface area contributed by atoms with Crippen molar-refractivity contribution in [1.29, 1.82) is 0 Å². The van der Waals surface area contributed by atoms with E-state index in [0.29, 0.717) is 43.5 Å². The highest BCUT2D eigenvalue weighted by Gasteiger charge is 2.44. The van der Waals surface area contributed by atoms with Gasteiger partial charge in [0.25, 0.3) is 5.91 Å².